The fourth-order valence-corrected chi connectivity index (χ4v) is 1.52. The van der Waals surface area contributed by atoms with Gasteiger partial charge in [0.15, 0.2) is 0 Å². The molecular formula is C10H12FN. The number of hydrogen-bond acceptors (Lipinski definition) is 1. The third-order valence-electron chi connectivity index (χ3n) is 2.61. The third kappa shape index (κ3) is 1.07. The van der Waals surface area contributed by atoms with Crippen molar-refractivity contribution < 1.29 is 4.39 Å². The Morgan fingerprint density at radius 3 is 2.67 bits per heavy atom. The Hall–Kier alpha value is -1.05. The van der Waals surface area contributed by atoms with E-state index in [0.29, 0.717) is 0 Å². The van der Waals surface area contributed by atoms with Crippen molar-refractivity contribution in [2.75, 3.05) is 12.4 Å². The van der Waals surface area contributed by atoms with Gasteiger partial charge in [-0.2, -0.15) is 0 Å². The Morgan fingerprint density at radius 1 is 1.42 bits per heavy atom. The summed E-state index contributed by atoms with van der Waals surface area (Å²) in [5, 5.41) is 0. The fourth-order valence-electron chi connectivity index (χ4n) is 1.52. The fraction of sp³-hybridized carbons (Fsp3) is 0.400. The highest BCUT2D eigenvalue weighted by Crippen LogP contribution is 2.48. The first-order valence-electron chi connectivity index (χ1n) is 4.19. The molecule has 1 saturated carbocycles. The first-order chi connectivity index (χ1) is 5.77. The van der Waals surface area contributed by atoms with Crippen LogP contribution in [0.3, 0.4) is 0 Å². The molecular weight excluding hydrogens is 153 g/mol. The minimum Gasteiger partial charge on any atom is -0.399 e. The highest BCUT2D eigenvalue weighted by molar-refractivity contribution is 5.45. The predicted octanol–water partition coefficient (Wildman–Crippen LogP) is 2.27. The van der Waals surface area contributed by atoms with Crippen LogP contribution in [0.15, 0.2) is 24.3 Å². The largest absolute Gasteiger partial charge is 0.399 e. The van der Waals surface area contributed by atoms with E-state index >= 15 is 0 Å². The van der Waals surface area contributed by atoms with Crippen molar-refractivity contribution >= 4 is 5.69 Å². The van der Waals surface area contributed by atoms with E-state index in [-0.39, 0.29) is 12.1 Å². The quantitative estimate of drug-likeness (QED) is 0.668. The smallest absolute Gasteiger partial charge is 0.0990 e. The molecule has 0 atom stereocenters. The molecule has 0 aliphatic heterocycles. The SMILES string of the molecule is Nc1cccc(C2(CF)CC2)c1. The van der Waals surface area contributed by atoms with E-state index in [4.69, 9.17) is 5.73 Å². The minimum absolute atomic E-state index is 0.171. The molecule has 0 saturated heterocycles. The van der Waals surface area contributed by atoms with Gasteiger partial charge in [-0.1, -0.05) is 12.1 Å². The van der Waals surface area contributed by atoms with E-state index in [1.165, 1.54) is 0 Å². The molecule has 0 heterocycles. The molecule has 0 spiro atoms. The highest BCUT2D eigenvalue weighted by Gasteiger charge is 2.44. The van der Waals surface area contributed by atoms with Gasteiger partial charge in [0.1, 0.15) is 0 Å². The van der Waals surface area contributed by atoms with E-state index in [0.717, 1.165) is 24.1 Å². The van der Waals surface area contributed by atoms with Gasteiger partial charge in [-0.25, -0.2) is 0 Å². The lowest BCUT2D eigenvalue weighted by Crippen LogP contribution is -2.08. The van der Waals surface area contributed by atoms with E-state index in [1.807, 2.05) is 24.3 Å². The van der Waals surface area contributed by atoms with Gasteiger partial charge in [-0.3, -0.25) is 4.39 Å². The summed E-state index contributed by atoms with van der Waals surface area (Å²) < 4.78 is 12.6. The van der Waals surface area contributed by atoms with Crippen LogP contribution in [0, 0.1) is 0 Å². The van der Waals surface area contributed by atoms with Crippen LogP contribution in [0.4, 0.5) is 10.1 Å². The van der Waals surface area contributed by atoms with E-state index < -0.39 is 0 Å². The first kappa shape index (κ1) is 7.59. The summed E-state index contributed by atoms with van der Waals surface area (Å²) in [6, 6.07) is 7.56. The van der Waals surface area contributed by atoms with Crippen molar-refractivity contribution in [2.24, 2.45) is 0 Å². The number of rotatable bonds is 2. The molecule has 1 aliphatic carbocycles. The van der Waals surface area contributed by atoms with Crippen LogP contribution < -0.4 is 5.73 Å². The van der Waals surface area contributed by atoms with E-state index in [1.54, 1.807) is 0 Å². The van der Waals surface area contributed by atoms with E-state index in [2.05, 4.69) is 0 Å². The van der Waals surface area contributed by atoms with Crippen LogP contribution in [0.5, 0.6) is 0 Å². The van der Waals surface area contributed by atoms with Crippen LogP contribution in [0.25, 0.3) is 0 Å². The maximum absolute atomic E-state index is 12.6. The van der Waals surface area contributed by atoms with Crippen LogP contribution in [0.2, 0.25) is 0 Å². The van der Waals surface area contributed by atoms with Gasteiger partial charge in [-0.05, 0) is 30.5 Å². The lowest BCUT2D eigenvalue weighted by atomic mass is 9.97. The normalized spacial score (nSPS) is 19.1. The molecule has 64 valence electrons. The summed E-state index contributed by atoms with van der Waals surface area (Å²) in [5.41, 5.74) is 7.23. The van der Waals surface area contributed by atoms with Crippen molar-refractivity contribution in [3.05, 3.63) is 29.8 Å². The van der Waals surface area contributed by atoms with Crippen LogP contribution in [-0.2, 0) is 5.41 Å². The zero-order valence-corrected chi connectivity index (χ0v) is 6.89. The van der Waals surface area contributed by atoms with Gasteiger partial charge in [-0.15, -0.1) is 0 Å². The number of anilines is 1. The summed E-state index contributed by atoms with van der Waals surface area (Å²) in [7, 11) is 0. The molecule has 1 nitrogen and oxygen atoms in total. The number of alkyl halides is 1. The van der Waals surface area contributed by atoms with Gasteiger partial charge < -0.3 is 5.73 Å². The molecule has 0 radical (unpaired) electrons. The summed E-state index contributed by atoms with van der Waals surface area (Å²) in [6.45, 7) is -0.254. The summed E-state index contributed by atoms with van der Waals surface area (Å²) in [6.07, 6.45) is 1.93. The number of hydrogen-bond donors (Lipinski definition) is 1. The average molecular weight is 165 g/mol. The zero-order valence-electron chi connectivity index (χ0n) is 6.89. The second kappa shape index (κ2) is 2.47. The van der Waals surface area contributed by atoms with Crippen molar-refractivity contribution in [3.8, 4) is 0 Å². The Balaban J connectivity index is 2.34. The molecule has 2 N–H and O–H groups in total. The molecule has 0 aromatic heterocycles. The Kier molecular flexibility index (Phi) is 1.56. The molecule has 12 heavy (non-hydrogen) atoms. The van der Waals surface area contributed by atoms with Crippen molar-refractivity contribution in [3.63, 3.8) is 0 Å². The van der Waals surface area contributed by atoms with Crippen molar-refractivity contribution in [2.45, 2.75) is 18.3 Å². The number of halogens is 1. The monoisotopic (exact) mass is 165 g/mol. The molecule has 1 aliphatic rings. The molecule has 0 amide bonds. The first-order valence-corrected chi connectivity index (χ1v) is 4.19. The molecule has 0 bridgehead atoms. The minimum atomic E-state index is -0.254. The summed E-state index contributed by atoms with van der Waals surface area (Å²) in [4.78, 5) is 0. The Bertz CT molecular complexity index is 292. The standard InChI is InChI=1S/C10H12FN/c11-7-10(4-5-10)8-2-1-3-9(12)6-8/h1-3,6H,4-5,7,12H2. The second-order valence-electron chi connectivity index (χ2n) is 3.54. The lowest BCUT2D eigenvalue weighted by Gasteiger charge is -2.10. The van der Waals surface area contributed by atoms with Gasteiger partial charge in [0.05, 0.1) is 6.67 Å². The van der Waals surface area contributed by atoms with Gasteiger partial charge >= 0.3 is 0 Å². The molecule has 2 heteroatoms. The van der Waals surface area contributed by atoms with Crippen molar-refractivity contribution in [1.82, 2.24) is 0 Å². The zero-order chi connectivity index (χ0) is 8.60. The van der Waals surface area contributed by atoms with Crippen molar-refractivity contribution in [1.29, 1.82) is 0 Å². The molecule has 2 rings (SSSR count). The summed E-state index contributed by atoms with van der Waals surface area (Å²) in [5.74, 6) is 0. The molecule has 1 aromatic rings. The Labute approximate surface area is 71.4 Å². The van der Waals surface area contributed by atoms with E-state index in [9.17, 15) is 4.39 Å². The topological polar surface area (TPSA) is 26.0 Å². The number of nitrogen functional groups attached to an aromatic ring is 1. The number of benzene rings is 1. The Morgan fingerprint density at radius 2 is 2.17 bits per heavy atom. The predicted molar refractivity (Wildman–Crippen MR) is 47.7 cm³/mol. The third-order valence-corrected chi connectivity index (χ3v) is 2.61. The van der Waals surface area contributed by atoms with Gasteiger partial charge in [0.25, 0.3) is 0 Å². The van der Waals surface area contributed by atoms with Crippen LogP contribution in [0.1, 0.15) is 18.4 Å². The number of nitrogens with two attached hydrogens (primary N) is 1. The summed E-state index contributed by atoms with van der Waals surface area (Å²) >= 11 is 0. The van der Waals surface area contributed by atoms with Gasteiger partial charge in [0.2, 0.25) is 0 Å². The van der Waals surface area contributed by atoms with Gasteiger partial charge in [0, 0.05) is 11.1 Å². The second-order valence-corrected chi connectivity index (χ2v) is 3.54. The van der Waals surface area contributed by atoms with Crippen LogP contribution >= 0.6 is 0 Å². The molecule has 0 unspecified atom stereocenters. The maximum Gasteiger partial charge on any atom is 0.0990 e. The molecule has 1 fully saturated rings. The lowest BCUT2D eigenvalue weighted by molar-refractivity contribution is 0.418. The maximum atomic E-state index is 12.6. The highest BCUT2D eigenvalue weighted by atomic mass is 19.1. The average Bonchev–Trinajstić information content (AvgIpc) is 2.84. The van der Waals surface area contributed by atoms with Crippen LogP contribution in [-0.4, -0.2) is 6.67 Å². The molecule has 1 aromatic carbocycles.